The number of rotatable bonds is 8. The van der Waals surface area contributed by atoms with Gasteiger partial charge in [-0.15, -0.1) is 34.5 Å². The molecule has 28 heavy (non-hydrogen) atoms. The van der Waals surface area contributed by atoms with Crippen LogP contribution in [0.2, 0.25) is 0 Å². The van der Waals surface area contributed by atoms with E-state index >= 15 is 0 Å². The van der Waals surface area contributed by atoms with Crippen molar-refractivity contribution in [2.75, 3.05) is 22.3 Å². The summed E-state index contributed by atoms with van der Waals surface area (Å²) in [6.07, 6.45) is 1.68. The van der Waals surface area contributed by atoms with Crippen LogP contribution in [0.3, 0.4) is 0 Å². The zero-order valence-electron chi connectivity index (χ0n) is 14.5. The van der Waals surface area contributed by atoms with Crippen LogP contribution in [0.1, 0.15) is 5.56 Å². The summed E-state index contributed by atoms with van der Waals surface area (Å²) < 4.78 is 0. The van der Waals surface area contributed by atoms with Gasteiger partial charge in [-0.25, -0.2) is 4.98 Å². The lowest BCUT2D eigenvalue weighted by molar-refractivity contribution is -0.384. The minimum Gasteiger partial charge on any atom is -0.344 e. The van der Waals surface area contributed by atoms with Crippen LogP contribution in [-0.4, -0.2) is 28.1 Å². The molecular formula is C18H15Cl2N5O2S. The zero-order chi connectivity index (χ0) is 19.9. The highest BCUT2D eigenvalue weighted by atomic mass is 35.5. The van der Waals surface area contributed by atoms with Crippen molar-refractivity contribution in [3.05, 3.63) is 69.6 Å². The van der Waals surface area contributed by atoms with E-state index in [4.69, 9.17) is 23.2 Å². The van der Waals surface area contributed by atoms with Gasteiger partial charge in [-0.05, 0) is 29.8 Å². The summed E-state index contributed by atoms with van der Waals surface area (Å²) in [4.78, 5) is 16.5. The highest BCUT2D eigenvalue weighted by molar-refractivity contribution is 7.14. The summed E-state index contributed by atoms with van der Waals surface area (Å²) in [6, 6.07) is 14.6. The number of nitrogens with zero attached hydrogens (tertiary/aromatic N) is 4. The predicted molar refractivity (Wildman–Crippen MR) is 116 cm³/mol. The van der Waals surface area contributed by atoms with Crippen LogP contribution in [0.15, 0.2) is 59.0 Å². The Morgan fingerprint density at radius 2 is 1.82 bits per heavy atom. The van der Waals surface area contributed by atoms with Crippen LogP contribution >= 0.6 is 34.5 Å². The number of thiazole rings is 1. The van der Waals surface area contributed by atoms with Gasteiger partial charge in [0.1, 0.15) is 0 Å². The van der Waals surface area contributed by atoms with Crippen molar-refractivity contribution in [1.82, 2.24) is 4.98 Å². The largest absolute Gasteiger partial charge is 0.344 e. The fourth-order valence-corrected chi connectivity index (χ4v) is 3.51. The van der Waals surface area contributed by atoms with Gasteiger partial charge in [-0.2, -0.15) is 5.10 Å². The van der Waals surface area contributed by atoms with E-state index in [0.717, 1.165) is 22.5 Å². The molecule has 1 heterocycles. The number of non-ortho nitro benzene ring substituents is 1. The molecule has 144 valence electrons. The number of hydrogen-bond acceptors (Lipinski definition) is 7. The molecule has 0 unspecified atom stereocenters. The quantitative estimate of drug-likeness (QED) is 0.169. The number of nitrogens with one attached hydrogen (secondary N) is 1. The van der Waals surface area contributed by atoms with Crippen LogP contribution < -0.4 is 10.3 Å². The SMILES string of the molecule is O=[N+]([O-])c1ccc(-c2csc(NN=Cc3ccc(N(CCl)CCl)cc3)n2)cc1. The molecule has 3 aromatic rings. The Morgan fingerprint density at radius 1 is 1.14 bits per heavy atom. The van der Waals surface area contributed by atoms with Gasteiger partial charge in [0, 0.05) is 28.8 Å². The molecule has 0 aliphatic heterocycles. The minimum atomic E-state index is -0.429. The second kappa shape index (κ2) is 9.50. The lowest BCUT2D eigenvalue weighted by Gasteiger charge is -2.18. The van der Waals surface area contributed by atoms with Crippen LogP contribution in [0.5, 0.6) is 0 Å². The Kier molecular flexibility index (Phi) is 6.80. The van der Waals surface area contributed by atoms with E-state index in [1.54, 1.807) is 18.3 Å². The van der Waals surface area contributed by atoms with E-state index < -0.39 is 4.92 Å². The molecule has 0 atom stereocenters. The molecule has 0 spiro atoms. The smallest absolute Gasteiger partial charge is 0.269 e. The number of nitro benzene ring substituents is 1. The molecule has 0 saturated heterocycles. The predicted octanol–water partition coefficient (Wildman–Crippen LogP) is 5.36. The summed E-state index contributed by atoms with van der Waals surface area (Å²) in [6.45, 7) is 0. The number of hydrogen-bond donors (Lipinski definition) is 1. The molecule has 3 rings (SSSR count). The number of nitro groups is 1. The first-order valence-electron chi connectivity index (χ1n) is 8.07. The molecule has 0 saturated carbocycles. The number of aromatic nitrogens is 1. The Bertz CT molecular complexity index is 957. The highest BCUT2D eigenvalue weighted by Gasteiger charge is 2.08. The average Bonchev–Trinajstić information content (AvgIpc) is 3.19. The standard InChI is InChI=1S/C18H15Cl2N5O2S/c19-11-24(12-20)15-5-1-13(2-6-15)9-21-23-18-22-17(10-28-18)14-3-7-16(8-4-14)25(26)27/h1-10H,11-12H2,(H,22,23). The Balaban J connectivity index is 1.61. The molecule has 7 nitrogen and oxygen atoms in total. The van der Waals surface area contributed by atoms with Crippen molar-refractivity contribution in [2.24, 2.45) is 5.10 Å². The minimum absolute atomic E-state index is 0.0492. The van der Waals surface area contributed by atoms with E-state index in [-0.39, 0.29) is 5.69 Å². The summed E-state index contributed by atoms with van der Waals surface area (Å²) in [5.74, 6) is 0. The Labute approximate surface area is 175 Å². The number of anilines is 2. The lowest BCUT2D eigenvalue weighted by atomic mass is 10.1. The number of benzene rings is 2. The molecule has 1 aromatic heterocycles. The second-order valence-electron chi connectivity index (χ2n) is 5.58. The third kappa shape index (κ3) is 4.98. The fourth-order valence-electron chi connectivity index (χ4n) is 2.31. The van der Waals surface area contributed by atoms with E-state index in [9.17, 15) is 10.1 Å². The highest BCUT2D eigenvalue weighted by Crippen LogP contribution is 2.26. The summed E-state index contributed by atoms with van der Waals surface area (Å²) >= 11 is 13.1. The second-order valence-corrected chi connectivity index (χ2v) is 6.92. The van der Waals surface area contributed by atoms with Gasteiger partial charge in [0.25, 0.3) is 5.69 Å². The van der Waals surface area contributed by atoms with Gasteiger partial charge in [0.05, 0.1) is 28.8 Å². The number of alkyl halides is 2. The Morgan fingerprint density at radius 3 is 2.43 bits per heavy atom. The van der Waals surface area contributed by atoms with Crippen molar-refractivity contribution < 1.29 is 4.92 Å². The van der Waals surface area contributed by atoms with Crippen LogP contribution in [0.4, 0.5) is 16.5 Å². The first kappa shape index (κ1) is 20.1. The van der Waals surface area contributed by atoms with Gasteiger partial charge < -0.3 is 4.90 Å². The van der Waals surface area contributed by atoms with E-state index in [1.807, 2.05) is 34.5 Å². The topological polar surface area (TPSA) is 83.7 Å². The molecule has 1 N–H and O–H groups in total. The van der Waals surface area contributed by atoms with Gasteiger partial charge in [-0.3, -0.25) is 15.5 Å². The molecule has 2 aromatic carbocycles. The summed E-state index contributed by atoms with van der Waals surface area (Å²) in [7, 11) is 0. The lowest BCUT2D eigenvalue weighted by Crippen LogP contribution is -2.18. The van der Waals surface area contributed by atoms with E-state index in [1.165, 1.54) is 23.5 Å². The third-order valence-corrected chi connectivity index (χ3v) is 5.12. The maximum absolute atomic E-state index is 10.7. The van der Waals surface area contributed by atoms with Gasteiger partial charge in [0.2, 0.25) is 5.13 Å². The van der Waals surface area contributed by atoms with Crippen molar-refractivity contribution in [3.8, 4) is 11.3 Å². The van der Waals surface area contributed by atoms with Crippen molar-refractivity contribution in [1.29, 1.82) is 0 Å². The summed E-state index contributed by atoms with van der Waals surface area (Å²) in [5, 5.41) is 17.4. The van der Waals surface area contributed by atoms with Gasteiger partial charge >= 0.3 is 0 Å². The van der Waals surface area contributed by atoms with Crippen LogP contribution in [0, 0.1) is 10.1 Å². The maximum Gasteiger partial charge on any atom is 0.269 e. The van der Waals surface area contributed by atoms with Crippen LogP contribution in [0.25, 0.3) is 11.3 Å². The molecular weight excluding hydrogens is 421 g/mol. The fraction of sp³-hybridized carbons (Fsp3) is 0.111. The van der Waals surface area contributed by atoms with Crippen molar-refractivity contribution in [3.63, 3.8) is 0 Å². The van der Waals surface area contributed by atoms with E-state index in [0.29, 0.717) is 17.1 Å². The molecule has 0 radical (unpaired) electrons. The summed E-state index contributed by atoms with van der Waals surface area (Å²) in [5.41, 5.74) is 6.31. The molecule has 0 bridgehead atoms. The van der Waals surface area contributed by atoms with E-state index in [2.05, 4.69) is 15.5 Å². The molecule has 0 fully saturated rings. The zero-order valence-corrected chi connectivity index (χ0v) is 16.8. The Hall–Kier alpha value is -2.68. The average molecular weight is 436 g/mol. The van der Waals surface area contributed by atoms with Crippen LogP contribution in [-0.2, 0) is 0 Å². The molecule has 0 aliphatic carbocycles. The third-order valence-electron chi connectivity index (χ3n) is 3.80. The van der Waals surface area contributed by atoms with Crippen molar-refractivity contribution >= 4 is 57.3 Å². The monoisotopic (exact) mass is 435 g/mol. The first-order chi connectivity index (χ1) is 13.6. The normalized spacial score (nSPS) is 10.9. The van der Waals surface area contributed by atoms with Gasteiger partial charge in [0.15, 0.2) is 0 Å². The van der Waals surface area contributed by atoms with Gasteiger partial charge in [-0.1, -0.05) is 12.1 Å². The number of halogens is 2. The first-order valence-corrected chi connectivity index (χ1v) is 10.0. The molecule has 0 aliphatic rings. The molecule has 0 amide bonds. The van der Waals surface area contributed by atoms with Crippen molar-refractivity contribution in [2.45, 2.75) is 0 Å². The molecule has 10 heteroatoms. The number of hydrazone groups is 1. The maximum atomic E-state index is 10.7.